The Balaban J connectivity index is 1.06. The van der Waals surface area contributed by atoms with E-state index >= 15 is 0 Å². The van der Waals surface area contributed by atoms with Crippen molar-refractivity contribution >= 4 is 35.0 Å². The fourth-order valence-electron chi connectivity index (χ4n) is 5.86. The molecule has 44 heavy (non-hydrogen) atoms. The van der Waals surface area contributed by atoms with E-state index in [-0.39, 0.29) is 11.3 Å². The largest absolute Gasteiger partial charge is 0.493 e. The number of unbranched alkanes of at least 4 members (excludes halogenated alkanes) is 1. The van der Waals surface area contributed by atoms with Gasteiger partial charge in [-0.3, -0.25) is 9.69 Å². The maximum atomic E-state index is 12.6. The van der Waals surface area contributed by atoms with E-state index in [4.69, 9.17) is 30.5 Å². The summed E-state index contributed by atoms with van der Waals surface area (Å²) >= 11 is 8.07. The maximum Gasteiger partial charge on any atom is 0.225 e. The molecular formula is C34H42ClN3O5S. The van der Waals surface area contributed by atoms with Crippen LogP contribution < -0.4 is 23.8 Å². The Hall–Kier alpha value is -3.11. The van der Waals surface area contributed by atoms with E-state index in [0.717, 1.165) is 80.4 Å². The summed E-state index contributed by atoms with van der Waals surface area (Å²) in [4.78, 5) is 20.6. The van der Waals surface area contributed by atoms with Crippen LogP contribution in [0.1, 0.15) is 36.3 Å². The second-order valence-electron chi connectivity index (χ2n) is 11.0. The summed E-state index contributed by atoms with van der Waals surface area (Å²) < 4.78 is 22.8. The lowest BCUT2D eigenvalue weighted by Crippen LogP contribution is -2.47. The van der Waals surface area contributed by atoms with Gasteiger partial charge in [0.15, 0.2) is 11.5 Å². The van der Waals surface area contributed by atoms with Gasteiger partial charge in [0, 0.05) is 55.1 Å². The minimum absolute atomic E-state index is 0.000309. The van der Waals surface area contributed by atoms with Crippen LogP contribution in [0.5, 0.6) is 23.0 Å². The summed E-state index contributed by atoms with van der Waals surface area (Å²) in [5.74, 6) is 2.81. The Morgan fingerprint density at radius 2 is 1.55 bits per heavy atom. The standard InChI is InChI=1S/C34H42ClN3O5S/c1-24(39)38-28-9-5-6-10-32(28)44-34(38)27-23-26(35)11-12-29(27)43-20-8-7-14-36-16-18-37(19-17-36)15-13-25-21-30(40-2)33(42-4)31(22-25)41-3/h5-6,9-12,21-23,34H,7-8,13-20H2,1-4H3. The quantitative estimate of drug-likeness (QED) is 0.195. The van der Waals surface area contributed by atoms with E-state index in [1.54, 1.807) is 40.0 Å². The molecule has 0 bridgehead atoms. The number of halogens is 1. The molecule has 1 amide bonds. The van der Waals surface area contributed by atoms with Gasteiger partial charge in [-0.05, 0) is 73.8 Å². The Morgan fingerprint density at radius 3 is 2.20 bits per heavy atom. The molecule has 5 rings (SSSR count). The smallest absolute Gasteiger partial charge is 0.225 e. The van der Waals surface area contributed by atoms with Crippen LogP contribution in [0.4, 0.5) is 5.69 Å². The van der Waals surface area contributed by atoms with Crippen LogP contribution in [0.3, 0.4) is 0 Å². The van der Waals surface area contributed by atoms with Crippen molar-refractivity contribution in [2.24, 2.45) is 0 Å². The Kier molecular flexibility index (Phi) is 11.2. The first-order chi connectivity index (χ1) is 21.4. The molecule has 1 fully saturated rings. The molecule has 8 nitrogen and oxygen atoms in total. The van der Waals surface area contributed by atoms with Crippen molar-refractivity contribution in [3.63, 3.8) is 0 Å². The molecule has 0 N–H and O–H groups in total. The third-order valence-electron chi connectivity index (χ3n) is 8.21. The average Bonchev–Trinajstić information content (AvgIpc) is 3.44. The summed E-state index contributed by atoms with van der Waals surface area (Å²) in [6.45, 7) is 8.53. The van der Waals surface area contributed by atoms with Crippen LogP contribution in [0, 0.1) is 0 Å². The minimum atomic E-state index is -0.205. The van der Waals surface area contributed by atoms with Crippen LogP contribution in [-0.4, -0.2) is 82.9 Å². The zero-order valence-electron chi connectivity index (χ0n) is 26.0. The predicted molar refractivity (Wildman–Crippen MR) is 177 cm³/mol. The number of hydrogen-bond donors (Lipinski definition) is 0. The van der Waals surface area contributed by atoms with E-state index in [2.05, 4.69) is 15.9 Å². The Labute approximate surface area is 270 Å². The number of carbonyl (C=O) groups is 1. The van der Waals surface area contributed by atoms with Crippen LogP contribution in [-0.2, 0) is 11.2 Å². The van der Waals surface area contributed by atoms with E-state index in [1.165, 1.54) is 5.56 Å². The van der Waals surface area contributed by atoms with Crippen molar-refractivity contribution < 1.29 is 23.7 Å². The highest BCUT2D eigenvalue weighted by Crippen LogP contribution is 2.53. The van der Waals surface area contributed by atoms with Crippen LogP contribution in [0.15, 0.2) is 59.5 Å². The fourth-order valence-corrected chi connectivity index (χ4v) is 7.40. The van der Waals surface area contributed by atoms with Crippen molar-refractivity contribution in [3.8, 4) is 23.0 Å². The van der Waals surface area contributed by atoms with Gasteiger partial charge in [-0.15, -0.1) is 0 Å². The molecule has 0 radical (unpaired) electrons. The van der Waals surface area contributed by atoms with Crippen molar-refractivity contribution in [2.75, 3.05) is 72.1 Å². The monoisotopic (exact) mass is 639 g/mol. The number of methoxy groups -OCH3 is 3. The molecule has 0 aromatic heterocycles. The fraction of sp³-hybridized carbons (Fsp3) is 0.441. The zero-order chi connectivity index (χ0) is 31.1. The number of piperazine rings is 1. The van der Waals surface area contributed by atoms with E-state index in [0.29, 0.717) is 28.9 Å². The van der Waals surface area contributed by atoms with Gasteiger partial charge in [0.05, 0.1) is 33.6 Å². The molecular weight excluding hydrogens is 598 g/mol. The zero-order valence-corrected chi connectivity index (χ0v) is 27.6. The summed E-state index contributed by atoms with van der Waals surface area (Å²) in [6, 6.07) is 17.8. The van der Waals surface area contributed by atoms with Gasteiger partial charge in [-0.2, -0.15) is 0 Å². The topological polar surface area (TPSA) is 63.7 Å². The lowest BCUT2D eigenvalue weighted by atomic mass is 10.1. The van der Waals surface area contributed by atoms with Gasteiger partial charge in [0.25, 0.3) is 0 Å². The number of thioether (sulfide) groups is 1. The summed E-state index contributed by atoms with van der Waals surface area (Å²) in [6.07, 6.45) is 2.95. The third-order valence-corrected chi connectivity index (χ3v) is 9.73. The number of anilines is 1. The van der Waals surface area contributed by atoms with Crippen LogP contribution >= 0.6 is 23.4 Å². The number of amides is 1. The molecule has 10 heteroatoms. The molecule has 2 heterocycles. The number of nitrogens with zero attached hydrogens (tertiary/aromatic N) is 3. The summed E-state index contributed by atoms with van der Waals surface area (Å²) in [5.41, 5.74) is 3.04. The van der Waals surface area contributed by atoms with Gasteiger partial charge in [-0.1, -0.05) is 35.5 Å². The minimum Gasteiger partial charge on any atom is -0.493 e. The van der Waals surface area contributed by atoms with Crippen molar-refractivity contribution in [1.82, 2.24) is 9.80 Å². The number of carbonyl (C=O) groups excluding carboxylic acids is 1. The predicted octanol–water partition coefficient (Wildman–Crippen LogP) is 6.54. The third kappa shape index (κ3) is 7.57. The summed E-state index contributed by atoms with van der Waals surface area (Å²) in [7, 11) is 4.93. The molecule has 3 aromatic carbocycles. The van der Waals surface area contributed by atoms with Gasteiger partial charge >= 0.3 is 0 Å². The molecule has 1 unspecified atom stereocenters. The van der Waals surface area contributed by atoms with Crippen molar-refractivity contribution in [1.29, 1.82) is 0 Å². The van der Waals surface area contributed by atoms with Crippen LogP contribution in [0.2, 0.25) is 5.02 Å². The highest BCUT2D eigenvalue weighted by molar-refractivity contribution is 8.00. The van der Waals surface area contributed by atoms with Gasteiger partial charge < -0.3 is 28.7 Å². The maximum absolute atomic E-state index is 12.6. The van der Waals surface area contributed by atoms with Crippen molar-refractivity contribution in [2.45, 2.75) is 36.5 Å². The first-order valence-corrected chi connectivity index (χ1v) is 16.4. The molecule has 0 saturated carbocycles. The first kappa shape index (κ1) is 32.3. The number of hydrogen-bond acceptors (Lipinski definition) is 8. The van der Waals surface area contributed by atoms with Gasteiger partial charge in [-0.25, -0.2) is 0 Å². The van der Waals surface area contributed by atoms with Crippen LogP contribution in [0.25, 0.3) is 0 Å². The van der Waals surface area contributed by atoms with E-state index < -0.39 is 0 Å². The molecule has 1 atom stereocenters. The number of fused-ring (bicyclic) bond motifs is 1. The normalized spacial score (nSPS) is 16.9. The van der Waals surface area contributed by atoms with E-state index in [9.17, 15) is 4.79 Å². The molecule has 3 aromatic rings. The second kappa shape index (κ2) is 15.3. The van der Waals surface area contributed by atoms with Gasteiger partial charge in [0.1, 0.15) is 11.1 Å². The van der Waals surface area contributed by atoms with Gasteiger partial charge in [0.2, 0.25) is 11.7 Å². The Morgan fingerprint density at radius 1 is 0.864 bits per heavy atom. The lowest BCUT2D eigenvalue weighted by Gasteiger charge is -2.34. The first-order valence-electron chi connectivity index (χ1n) is 15.1. The SMILES string of the molecule is COc1cc(CCN2CCN(CCCCOc3ccc(Cl)cc3C3Sc4ccccc4N3C(C)=O)CC2)cc(OC)c1OC. The molecule has 2 aliphatic rings. The molecule has 0 spiro atoms. The molecule has 0 aliphatic carbocycles. The highest BCUT2D eigenvalue weighted by atomic mass is 35.5. The highest BCUT2D eigenvalue weighted by Gasteiger charge is 2.35. The lowest BCUT2D eigenvalue weighted by molar-refractivity contribution is -0.116. The number of ether oxygens (including phenoxy) is 4. The second-order valence-corrected chi connectivity index (χ2v) is 12.6. The molecule has 2 aliphatic heterocycles. The van der Waals surface area contributed by atoms with Crippen molar-refractivity contribution in [3.05, 3.63) is 70.7 Å². The molecule has 1 saturated heterocycles. The number of rotatable bonds is 13. The number of para-hydroxylation sites is 1. The average molecular weight is 640 g/mol. The number of benzene rings is 3. The molecule has 236 valence electrons. The Bertz CT molecular complexity index is 1410. The summed E-state index contributed by atoms with van der Waals surface area (Å²) in [5, 5.41) is 0.429. The van der Waals surface area contributed by atoms with E-state index in [1.807, 2.05) is 53.4 Å².